The summed E-state index contributed by atoms with van der Waals surface area (Å²) in [6, 6.07) is 6.92. The molecule has 0 aliphatic heterocycles. The van der Waals surface area contributed by atoms with Crippen LogP contribution in [0.2, 0.25) is 0 Å². The van der Waals surface area contributed by atoms with Crippen LogP contribution >= 0.6 is 0 Å². The lowest BCUT2D eigenvalue weighted by molar-refractivity contribution is 0.299. The molecular formula is C11H18N2O3S. The van der Waals surface area contributed by atoms with E-state index in [4.69, 9.17) is 5.11 Å². The largest absolute Gasteiger partial charge is 0.396 e. The second-order valence-corrected chi connectivity index (χ2v) is 5.17. The molecule has 0 fully saturated rings. The van der Waals surface area contributed by atoms with Gasteiger partial charge in [-0.05, 0) is 30.5 Å². The average Bonchev–Trinajstić information content (AvgIpc) is 2.29. The van der Waals surface area contributed by atoms with Crippen LogP contribution in [0.25, 0.3) is 0 Å². The molecule has 0 amide bonds. The lowest BCUT2D eigenvalue weighted by atomic mass is 10.1. The molecule has 0 saturated heterocycles. The molecular weight excluding hydrogens is 240 g/mol. The standard InChI is InChI=1S/C11H18N2O3S/c1-2-8-12-17(15,16)13-11-5-3-10(4-6-11)7-9-14/h3-6,12-14H,2,7-9H2,1H3. The van der Waals surface area contributed by atoms with Gasteiger partial charge in [-0.3, -0.25) is 4.72 Å². The van der Waals surface area contributed by atoms with Crippen molar-refractivity contribution in [2.45, 2.75) is 19.8 Å². The normalized spacial score (nSPS) is 11.4. The van der Waals surface area contributed by atoms with Gasteiger partial charge in [0.2, 0.25) is 0 Å². The molecule has 0 bridgehead atoms. The highest BCUT2D eigenvalue weighted by Gasteiger charge is 2.07. The topological polar surface area (TPSA) is 78.4 Å². The summed E-state index contributed by atoms with van der Waals surface area (Å²) < 4.78 is 27.9. The van der Waals surface area contributed by atoms with Crippen LogP contribution < -0.4 is 9.44 Å². The van der Waals surface area contributed by atoms with E-state index in [-0.39, 0.29) is 6.61 Å². The molecule has 0 unspecified atom stereocenters. The number of anilines is 1. The molecule has 1 aromatic rings. The van der Waals surface area contributed by atoms with Gasteiger partial charge in [0.25, 0.3) is 10.2 Å². The summed E-state index contributed by atoms with van der Waals surface area (Å²) >= 11 is 0. The Morgan fingerprint density at radius 2 is 1.88 bits per heavy atom. The Kier molecular flexibility index (Phi) is 5.40. The van der Waals surface area contributed by atoms with E-state index in [0.717, 1.165) is 12.0 Å². The van der Waals surface area contributed by atoms with Gasteiger partial charge in [0, 0.05) is 18.8 Å². The Balaban J connectivity index is 2.62. The molecule has 0 radical (unpaired) electrons. The fraction of sp³-hybridized carbons (Fsp3) is 0.455. The van der Waals surface area contributed by atoms with Crippen molar-refractivity contribution in [2.24, 2.45) is 0 Å². The second-order valence-electron chi connectivity index (χ2n) is 3.67. The molecule has 17 heavy (non-hydrogen) atoms. The van der Waals surface area contributed by atoms with Crippen molar-refractivity contribution in [2.75, 3.05) is 17.9 Å². The number of aliphatic hydroxyl groups excluding tert-OH is 1. The Morgan fingerprint density at radius 1 is 1.24 bits per heavy atom. The van der Waals surface area contributed by atoms with Crippen molar-refractivity contribution in [3.63, 3.8) is 0 Å². The SMILES string of the molecule is CCCNS(=O)(=O)Nc1ccc(CCO)cc1. The first-order valence-electron chi connectivity index (χ1n) is 5.54. The van der Waals surface area contributed by atoms with Crippen molar-refractivity contribution in [1.82, 2.24) is 4.72 Å². The predicted octanol–water partition coefficient (Wildman–Crippen LogP) is 0.878. The van der Waals surface area contributed by atoms with Gasteiger partial charge in [0.15, 0.2) is 0 Å². The van der Waals surface area contributed by atoms with Crippen LogP contribution in [0.3, 0.4) is 0 Å². The minimum Gasteiger partial charge on any atom is -0.396 e. The van der Waals surface area contributed by atoms with Crippen LogP contribution in [0.1, 0.15) is 18.9 Å². The highest BCUT2D eigenvalue weighted by molar-refractivity contribution is 7.90. The van der Waals surface area contributed by atoms with E-state index in [1.54, 1.807) is 24.3 Å². The maximum Gasteiger partial charge on any atom is 0.299 e. The van der Waals surface area contributed by atoms with Crippen molar-refractivity contribution < 1.29 is 13.5 Å². The number of hydrogen-bond acceptors (Lipinski definition) is 3. The lowest BCUT2D eigenvalue weighted by Crippen LogP contribution is -2.30. The first kappa shape index (κ1) is 14.0. The lowest BCUT2D eigenvalue weighted by Gasteiger charge is -2.09. The molecule has 96 valence electrons. The zero-order chi connectivity index (χ0) is 12.7. The van der Waals surface area contributed by atoms with E-state index in [2.05, 4.69) is 9.44 Å². The minimum atomic E-state index is -3.47. The molecule has 1 aromatic carbocycles. The van der Waals surface area contributed by atoms with E-state index in [9.17, 15) is 8.42 Å². The molecule has 0 saturated carbocycles. The Bertz CT molecular complexity index is 429. The number of hydrogen-bond donors (Lipinski definition) is 3. The Hall–Kier alpha value is -1.11. The van der Waals surface area contributed by atoms with Gasteiger partial charge >= 0.3 is 0 Å². The maximum atomic E-state index is 11.5. The smallest absolute Gasteiger partial charge is 0.299 e. The van der Waals surface area contributed by atoms with E-state index >= 15 is 0 Å². The van der Waals surface area contributed by atoms with E-state index < -0.39 is 10.2 Å². The first-order valence-corrected chi connectivity index (χ1v) is 7.03. The summed E-state index contributed by atoms with van der Waals surface area (Å²) in [6.07, 6.45) is 1.32. The molecule has 0 spiro atoms. The molecule has 3 N–H and O–H groups in total. The van der Waals surface area contributed by atoms with Crippen LogP contribution in [-0.2, 0) is 16.6 Å². The Labute approximate surface area is 102 Å². The molecule has 5 nitrogen and oxygen atoms in total. The van der Waals surface area contributed by atoms with Crippen molar-refractivity contribution >= 4 is 15.9 Å². The number of rotatable bonds is 7. The summed E-state index contributed by atoms with van der Waals surface area (Å²) in [5.74, 6) is 0. The monoisotopic (exact) mass is 258 g/mol. The maximum absolute atomic E-state index is 11.5. The van der Waals surface area contributed by atoms with Crippen molar-refractivity contribution in [3.05, 3.63) is 29.8 Å². The van der Waals surface area contributed by atoms with Crippen LogP contribution in [0, 0.1) is 0 Å². The molecule has 0 aliphatic rings. The predicted molar refractivity (Wildman–Crippen MR) is 68.1 cm³/mol. The summed E-state index contributed by atoms with van der Waals surface area (Å²) in [7, 11) is -3.47. The third-order valence-corrected chi connectivity index (χ3v) is 3.24. The van der Waals surface area contributed by atoms with Crippen LogP contribution in [0.4, 0.5) is 5.69 Å². The van der Waals surface area contributed by atoms with Crippen molar-refractivity contribution in [1.29, 1.82) is 0 Å². The highest BCUT2D eigenvalue weighted by atomic mass is 32.2. The number of benzene rings is 1. The molecule has 0 aromatic heterocycles. The molecule has 0 atom stereocenters. The van der Waals surface area contributed by atoms with E-state index in [1.807, 2.05) is 6.92 Å². The number of nitrogens with one attached hydrogen (secondary N) is 2. The minimum absolute atomic E-state index is 0.0864. The second kappa shape index (κ2) is 6.58. The number of aliphatic hydroxyl groups is 1. The molecule has 1 rings (SSSR count). The van der Waals surface area contributed by atoms with Gasteiger partial charge in [-0.2, -0.15) is 13.1 Å². The van der Waals surface area contributed by atoms with E-state index in [1.165, 1.54) is 0 Å². The third-order valence-electron chi connectivity index (χ3n) is 2.15. The summed E-state index contributed by atoms with van der Waals surface area (Å²) in [4.78, 5) is 0. The average molecular weight is 258 g/mol. The van der Waals surface area contributed by atoms with Gasteiger partial charge in [-0.1, -0.05) is 19.1 Å². The fourth-order valence-electron chi connectivity index (χ4n) is 1.30. The quantitative estimate of drug-likeness (QED) is 0.679. The third kappa shape index (κ3) is 5.16. The van der Waals surface area contributed by atoms with Gasteiger partial charge in [0.05, 0.1) is 0 Å². The summed E-state index contributed by atoms with van der Waals surface area (Å²) in [5, 5.41) is 8.75. The van der Waals surface area contributed by atoms with Gasteiger partial charge in [-0.25, -0.2) is 0 Å². The van der Waals surface area contributed by atoms with Gasteiger partial charge in [0.1, 0.15) is 0 Å². The van der Waals surface area contributed by atoms with Crippen LogP contribution in [0.5, 0.6) is 0 Å². The van der Waals surface area contributed by atoms with Gasteiger partial charge < -0.3 is 5.11 Å². The summed E-state index contributed by atoms with van der Waals surface area (Å²) in [6.45, 7) is 2.40. The van der Waals surface area contributed by atoms with Crippen LogP contribution in [0.15, 0.2) is 24.3 Å². The van der Waals surface area contributed by atoms with Gasteiger partial charge in [-0.15, -0.1) is 0 Å². The molecule has 0 heterocycles. The van der Waals surface area contributed by atoms with Crippen molar-refractivity contribution in [3.8, 4) is 0 Å². The van der Waals surface area contributed by atoms with Crippen LogP contribution in [-0.4, -0.2) is 26.7 Å². The van der Waals surface area contributed by atoms with E-state index in [0.29, 0.717) is 18.7 Å². The highest BCUT2D eigenvalue weighted by Crippen LogP contribution is 2.11. The molecule has 0 aliphatic carbocycles. The zero-order valence-corrected chi connectivity index (χ0v) is 10.6. The zero-order valence-electron chi connectivity index (χ0n) is 9.81. The summed E-state index contributed by atoms with van der Waals surface area (Å²) in [5.41, 5.74) is 1.48. The first-order chi connectivity index (χ1) is 8.07. The fourth-order valence-corrected chi connectivity index (χ4v) is 2.29. The Morgan fingerprint density at radius 3 is 2.41 bits per heavy atom. The molecule has 6 heteroatoms.